The lowest BCUT2D eigenvalue weighted by Gasteiger charge is -2.32. The minimum absolute atomic E-state index is 0.0104. The Morgan fingerprint density at radius 3 is 2.47 bits per heavy atom. The highest BCUT2D eigenvalue weighted by molar-refractivity contribution is 5.72. The summed E-state index contributed by atoms with van der Waals surface area (Å²) >= 11 is 0. The summed E-state index contributed by atoms with van der Waals surface area (Å²) in [4.78, 5) is 11.6. The number of rotatable bonds is 3. The molecule has 0 amide bonds. The van der Waals surface area contributed by atoms with E-state index in [1.165, 1.54) is 7.11 Å². The summed E-state index contributed by atoms with van der Waals surface area (Å²) in [6.07, 6.45) is 1.58. The molecule has 4 heteroatoms. The van der Waals surface area contributed by atoms with Gasteiger partial charge in [0.1, 0.15) is 5.75 Å². The quantitative estimate of drug-likeness (QED) is 0.850. The standard InChI is InChI=1S/C15H20O4/c1-18-12-6-3-10(4-7-12)13-9-11(15(17)19-2)5-8-14(13)16/h3-4,6-7,11,13-14,16H,5,8-9H2,1-2H3/t11-,13-,14+/m1/s1. The summed E-state index contributed by atoms with van der Waals surface area (Å²) in [5.41, 5.74) is 1.04. The van der Waals surface area contributed by atoms with Crippen LogP contribution in [0.3, 0.4) is 0 Å². The molecule has 0 aromatic heterocycles. The van der Waals surface area contributed by atoms with Crippen molar-refractivity contribution in [1.29, 1.82) is 0 Å². The molecule has 0 aliphatic heterocycles. The molecule has 0 bridgehead atoms. The Morgan fingerprint density at radius 1 is 1.21 bits per heavy atom. The van der Waals surface area contributed by atoms with Gasteiger partial charge >= 0.3 is 5.97 Å². The van der Waals surface area contributed by atoms with Gasteiger partial charge in [-0.3, -0.25) is 4.79 Å². The van der Waals surface area contributed by atoms with Crippen molar-refractivity contribution in [3.8, 4) is 5.75 Å². The van der Waals surface area contributed by atoms with Crippen molar-refractivity contribution in [3.63, 3.8) is 0 Å². The average Bonchev–Trinajstić information content (AvgIpc) is 2.47. The molecule has 0 spiro atoms. The van der Waals surface area contributed by atoms with E-state index < -0.39 is 6.10 Å². The molecular weight excluding hydrogens is 244 g/mol. The number of hydrogen-bond donors (Lipinski definition) is 1. The Labute approximate surface area is 113 Å². The second-order valence-electron chi connectivity index (χ2n) is 4.98. The molecule has 0 heterocycles. The van der Waals surface area contributed by atoms with E-state index >= 15 is 0 Å². The predicted octanol–water partition coefficient (Wildman–Crippen LogP) is 2.11. The highest BCUT2D eigenvalue weighted by Crippen LogP contribution is 2.37. The zero-order chi connectivity index (χ0) is 13.8. The Balaban J connectivity index is 2.13. The SMILES string of the molecule is COC(=O)[C@@H]1CC[C@H](O)[C@@H](c2ccc(OC)cc2)C1. The van der Waals surface area contributed by atoms with Crippen LogP contribution in [-0.2, 0) is 9.53 Å². The molecule has 1 aromatic carbocycles. The van der Waals surface area contributed by atoms with Crippen molar-refractivity contribution in [2.75, 3.05) is 14.2 Å². The molecule has 1 aliphatic carbocycles. The van der Waals surface area contributed by atoms with Crippen LogP contribution < -0.4 is 4.74 Å². The van der Waals surface area contributed by atoms with Crippen LogP contribution in [-0.4, -0.2) is 31.4 Å². The predicted molar refractivity (Wildman–Crippen MR) is 71.1 cm³/mol. The van der Waals surface area contributed by atoms with E-state index in [0.717, 1.165) is 11.3 Å². The Morgan fingerprint density at radius 2 is 1.89 bits per heavy atom. The van der Waals surface area contributed by atoms with E-state index in [2.05, 4.69) is 0 Å². The summed E-state index contributed by atoms with van der Waals surface area (Å²) in [6, 6.07) is 7.66. The Hall–Kier alpha value is -1.55. The summed E-state index contributed by atoms with van der Waals surface area (Å²) in [5, 5.41) is 10.1. The normalized spacial score (nSPS) is 26.8. The van der Waals surface area contributed by atoms with E-state index in [1.54, 1.807) is 7.11 Å². The second-order valence-corrected chi connectivity index (χ2v) is 4.98. The van der Waals surface area contributed by atoms with Gasteiger partial charge in [0.2, 0.25) is 0 Å². The third-order valence-corrected chi connectivity index (χ3v) is 3.89. The van der Waals surface area contributed by atoms with Crippen LogP contribution in [0.5, 0.6) is 5.75 Å². The highest BCUT2D eigenvalue weighted by atomic mass is 16.5. The highest BCUT2D eigenvalue weighted by Gasteiger charge is 2.34. The number of aliphatic hydroxyl groups excluding tert-OH is 1. The third kappa shape index (κ3) is 3.07. The first-order valence-electron chi connectivity index (χ1n) is 6.55. The first-order chi connectivity index (χ1) is 9.15. The summed E-state index contributed by atoms with van der Waals surface area (Å²) < 4.78 is 9.93. The van der Waals surface area contributed by atoms with Gasteiger partial charge in [0.05, 0.1) is 26.2 Å². The van der Waals surface area contributed by atoms with Gasteiger partial charge in [0, 0.05) is 5.92 Å². The number of esters is 1. The van der Waals surface area contributed by atoms with E-state index in [1.807, 2.05) is 24.3 Å². The molecule has 1 aromatic rings. The van der Waals surface area contributed by atoms with Crippen LogP contribution in [0.2, 0.25) is 0 Å². The largest absolute Gasteiger partial charge is 0.497 e. The maximum Gasteiger partial charge on any atom is 0.308 e. The molecule has 2 rings (SSSR count). The lowest BCUT2D eigenvalue weighted by molar-refractivity contribution is -0.147. The monoisotopic (exact) mass is 264 g/mol. The van der Waals surface area contributed by atoms with E-state index in [0.29, 0.717) is 19.3 Å². The molecule has 0 unspecified atom stereocenters. The van der Waals surface area contributed by atoms with Crippen LogP contribution in [0.1, 0.15) is 30.7 Å². The zero-order valence-electron chi connectivity index (χ0n) is 11.3. The van der Waals surface area contributed by atoms with Gasteiger partial charge in [-0.1, -0.05) is 12.1 Å². The van der Waals surface area contributed by atoms with E-state index in [-0.39, 0.29) is 17.8 Å². The number of benzene rings is 1. The first kappa shape index (κ1) is 13.9. The Bertz CT molecular complexity index is 426. The van der Waals surface area contributed by atoms with Gasteiger partial charge in [-0.25, -0.2) is 0 Å². The van der Waals surface area contributed by atoms with E-state index in [9.17, 15) is 9.90 Å². The molecule has 19 heavy (non-hydrogen) atoms. The zero-order valence-corrected chi connectivity index (χ0v) is 11.3. The second kappa shape index (κ2) is 6.06. The molecule has 1 saturated carbocycles. The topological polar surface area (TPSA) is 55.8 Å². The van der Waals surface area contributed by atoms with Crippen LogP contribution >= 0.6 is 0 Å². The number of ether oxygens (including phenoxy) is 2. The molecule has 0 radical (unpaired) electrons. The van der Waals surface area contributed by atoms with Gasteiger partial charge < -0.3 is 14.6 Å². The number of carbonyl (C=O) groups excluding carboxylic acids is 1. The fourth-order valence-corrected chi connectivity index (χ4v) is 2.74. The minimum Gasteiger partial charge on any atom is -0.497 e. The van der Waals surface area contributed by atoms with Crippen LogP contribution in [0.25, 0.3) is 0 Å². The maximum absolute atomic E-state index is 11.6. The molecular formula is C15H20O4. The smallest absolute Gasteiger partial charge is 0.308 e. The Kier molecular flexibility index (Phi) is 4.43. The van der Waals surface area contributed by atoms with Gasteiger partial charge in [-0.2, -0.15) is 0 Å². The van der Waals surface area contributed by atoms with E-state index in [4.69, 9.17) is 9.47 Å². The maximum atomic E-state index is 11.6. The molecule has 1 aliphatic rings. The summed E-state index contributed by atoms with van der Waals surface area (Å²) in [5.74, 6) is 0.494. The van der Waals surface area contributed by atoms with Crippen molar-refractivity contribution < 1.29 is 19.4 Å². The molecule has 104 valence electrons. The fraction of sp³-hybridized carbons (Fsp3) is 0.533. The number of aliphatic hydroxyl groups is 1. The van der Waals surface area contributed by atoms with Crippen molar-refractivity contribution in [2.45, 2.75) is 31.3 Å². The molecule has 4 nitrogen and oxygen atoms in total. The van der Waals surface area contributed by atoms with Crippen molar-refractivity contribution in [3.05, 3.63) is 29.8 Å². The lowest BCUT2D eigenvalue weighted by Crippen LogP contribution is -2.31. The third-order valence-electron chi connectivity index (χ3n) is 3.89. The fourth-order valence-electron chi connectivity index (χ4n) is 2.74. The van der Waals surface area contributed by atoms with Gasteiger partial charge in [-0.05, 0) is 37.0 Å². The number of carbonyl (C=O) groups is 1. The van der Waals surface area contributed by atoms with Crippen LogP contribution in [0.15, 0.2) is 24.3 Å². The van der Waals surface area contributed by atoms with Crippen molar-refractivity contribution in [1.82, 2.24) is 0 Å². The first-order valence-corrected chi connectivity index (χ1v) is 6.55. The molecule has 0 saturated heterocycles. The van der Waals surface area contributed by atoms with Gasteiger partial charge in [0.25, 0.3) is 0 Å². The summed E-state index contributed by atoms with van der Waals surface area (Å²) in [6.45, 7) is 0. The number of methoxy groups -OCH3 is 2. The van der Waals surface area contributed by atoms with Crippen molar-refractivity contribution >= 4 is 5.97 Å². The molecule has 1 fully saturated rings. The van der Waals surface area contributed by atoms with Gasteiger partial charge in [-0.15, -0.1) is 0 Å². The van der Waals surface area contributed by atoms with Crippen LogP contribution in [0, 0.1) is 5.92 Å². The average molecular weight is 264 g/mol. The van der Waals surface area contributed by atoms with Crippen LogP contribution in [0.4, 0.5) is 0 Å². The summed E-state index contributed by atoms with van der Waals surface area (Å²) in [7, 11) is 3.04. The minimum atomic E-state index is -0.394. The lowest BCUT2D eigenvalue weighted by atomic mass is 9.76. The molecule has 3 atom stereocenters. The number of hydrogen-bond acceptors (Lipinski definition) is 4. The van der Waals surface area contributed by atoms with Crippen molar-refractivity contribution in [2.24, 2.45) is 5.92 Å². The van der Waals surface area contributed by atoms with Gasteiger partial charge in [0.15, 0.2) is 0 Å². The molecule has 1 N–H and O–H groups in total.